The minimum atomic E-state index is 0.752. The first-order chi connectivity index (χ1) is 8.79. The van der Waals surface area contributed by atoms with E-state index in [2.05, 4.69) is 29.1 Å². The predicted octanol–water partition coefficient (Wildman–Crippen LogP) is 1.93. The van der Waals surface area contributed by atoms with Gasteiger partial charge >= 0.3 is 0 Å². The Hall–Kier alpha value is -0.930. The number of hydrogen-bond acceptors (Lipinski definition) is 3. The summed E-state index contributed by atoms with van der Waals surface area (Å²) in [5.74, 6) is 1.56. The summed E-state index contributed by atoms with van der Waals surface area (Å²) < 4.78 is 0. The van der Waals surface area contributed by atoms with Gasteiger partial charge in [0.05, 0.1) is 0 Å². The van der Waals surface area contributed by atoms with Gasteiger partial charge in [-0.05, 0) is 50.4 Å². The van der Waals surface area contributed by atoms with Crippen LogP contribution in [0.15, 0.2) is 24.4 Å². The second kappa shape index (κ2) is 6.86. The standard InChI is InChI=1S/C15H25N3/c1-18(10-8-15-7-2-3-9-17-15)12-14-6-4-5-13(14)11-16/h2-3,7,9,13-14H,4-6,8,10-12,16H2,1H3. The van der Waals surface area contributed by atoms with Crippen LogP contribution in [0.4, 0.5) is 0 Å². The number of hydrogen-bond donors (Lipinski definition) is 1. The van der Waals surface area contributed by atoms with Gasteiger partial charge in [0.1, 0.15) is 0 Å². The van der Waals surface area contributed by atoms with Crippen LogP contribution in [0.3, 0.4) is 0 Å². The van der Waals surface area contributed by atoms with Gasteiger partial charge in [-0.25, -0.2) is 0 Å². The fraction of sp³-hybridized carbons (Fsp3) is 0.667. The lowest BCUT2D eigenvalue weighted by molar-refractivity contribution is 0.244. The van der Waals surface area contributed by atoms with E-state index in [9.17, 15) is 0 Å². The molecule has 3 nitrogen and oxygen atoms in total. The molecule has 1 heterocycles. The molecule has 3 heteroatoms. The van der Waals surface area contributed by atoms with Gasteiger partial charge in [0.2, 0.25) is 0 Å². The average molecular weight is 247 g/mol. The van der Waals surface area contributed by atoms with Crippen LogP contribution in [0.2, 0.25) is 0 Å². The van der Waals surface area contributed by atoms with Crippen molar-refractivity contribution >= 4 is 0 Å². The van der Waals surface area contributed by atoms with Crippen LogP contribution >= 0.6 is 0 Å². The third-order valence-corrected chi connectivity index (χ3v) is 4.14. The summed E-state index contributed by atoms with van der Waals surface area (Å²) in [4.78, 5) is 6.80. The molecule has 0 spiro atoms. The Kier molecular flexibility index (Phi) is 5.14. The Balaban J connectivity index is 1.73. The molecule has 100 valence electrons. The second-order valence-corrected chi connectivity index (χ2v) is 5.52. The minimum Gasteiger partial charge on any atom is -0.330 e. The third kappa shape index (κ3) is 3.79. The van der Waals surface area contributed by atoms with E-state index in [0.717, 1.165) is 31.3 Å². The highest BCUT2D eigenvalue weighted by molar-refractivity contribution is 5.03. The van der Waals surface area contributed by atoms with Gasteiger partial charge in [0, 0.05) is 31.4 Å². The molecule has 1 fully saturated rings. The van der Waals surface area contributed by atoms with Gasteiger partial charge in [-0.3, -0.25) is 4.98 Å². The quantitative estimate of drug-likeness (QED) is 0.835. The Bertz CT molecular complexity index is 339. The van der Waals surface area contributed by atoms with Crippen molar-refractivity contribution in [2.45, 2.75) is 25.7 Å². The van der Waals surface area contributed by atoms with E-state index in [1.165, 1.54) is 31.5 Å². The minimum absolute atomic E-state index is 0.752. The zero-order valence-corrected chi connectivity index (χ0v) is 11.4. The summed E-state index contributed by atoms with van der Waals surface area (Å²) in [6.07, 6.45) is 6.96. The molecule has 2 unspecified atom stereocenters. The van der Waals surface area contributed by atoms with Gasteiger partial charge in [0.15, 0.2) is 0 Å². The predicted molar refractivity (Wildman–Crippen MR) is 75.3 cm³/mol. The zero-order chi connectivity index (χ0) is 12.8. The summed E-state index contributed by atoms with van der Waals surface area (Å²) in [5, 5.41) is 0. The van der Waals surface area contributed by atoms with E-state index in [-0.39, 0.29) is 0 Å². The maximum atomic E-state index is 5.84. The first kappa shape index (κ1) is 13.5. The average Bonchev–Trinajstić information content (AvgIpc) is 2.85. The Morgan fingerprint density at radius 3 is 2.89 bits per heavy atom. The molecule has 2 rings (SSSR count). The first-order valence-electron chi connectivity index (χ1n) is 7.08. The molecule has 1 aromatic rings. The van der Waals surface area contributed by atoms with Crippen LogP contribution in [0.1, 0.15) is 25.0 Å². The largest absolute Gasteiger partial charge is 0.330 e. The Labute approximate surface area is 110 Å². The van der Waals surface area contributed by atoms with Crippen LogP contribution < -0.4 is 5.73 Å². The van der Waals surface area contributed by atoms with Gasteiger partial charge in [-0.15, -0.1) is 0 Å². The van der Waals surface area contributed by atoms with Crippen molar-refractivity contribution in [3.63, 3.8) is 0 Å². The molecular weight excluding hydrogens is 222 g/mol. The van der Waals surface area contributed by atoms with Gasteiger partial charge < -0.3 is 10.6 Å². The van der Waals surface area contributed by atoms with Crippen LogP contribution in [-0.2, 0) is 6.42 Å². The van der Waals surface area contributed by atoms with E-state index < -0.39 is 0 Å². The normalized spacial score (nSPS) is 23.7. The van der Waals surface area contributed by atoms with E-state index in [1.54, 1.807) is 0 Å². The van der Waals surface area contributed by atoms with E-state index in [4.69, 9.17) is 5.73 Å². The smallest absolute Gasteiger partial charge is 0.0416 e. The second-order valence-electron chi connectivity index (χ2n) is 5.52. The van der Waals surface area contributed by atoms with Gasteiger partial charge in [-0.2, -0.15) is 0 Å². The maximum Gasteiger partial charge on any atom is 0.0416 e. The SMILES string of the molecule is CN(CCc1ccccn1)CC1CCCC1CN. The zero-order valence-electron chi connectivity index (χ0n) is 11.4. The number of likely N-dealkylation sites (N-methyl/N-ethyl adjacent to an activating group) is 1. The van der Waals surface area contributed by atoms with Crippen molar-refractivity contribution in [3.05, 3.63) is 30.1 Å². The molecule has 18 heavy (non-hydrogen) atoms. The third-order valence-electron chi connectivity index (χ3n) is 4.14. The van der Waals surface area contributed by atoms with Crippen LogP contribution in [0, 0.1) is 11.8 Å². The maximum absolute atomic E-state index is 5.84. The van der Waals surface area contributed by atoms with Crippen LogP contribution in [-0.4, -0.2) is 36.6 Å². The molecular formula is C15H25N3. The Morgan fingerprint density at radius 2 is 2.17 bits per heavy atom. The van der Waals surface area contributed by atoms with Crippen LogP contribution in [0.5, 0.6) is 0 Å². The summed E-state index contributed by atoms with van der Waals surface area (Å²) in [6.45, 7) is 3.14. The highest BCUT2D eigenvalue weighted by atomic mass is 15.1. The lowest BCUT2D eigenvalue weighted by Crippen LogP contribution is -2.31. The summed E-state index contributed by atoms with van der Waals surface area (Å²) in [6, 6.07) is 6.13. The fourth-order valence-corrected chi connectivity index (χ4v) is 3.01. The number of pyridine rings is 1. The number of nitrogens with zero attached hydrogens (tertiary/aromatic N) is 2. The fourth-order valence-electron chi connectivity index (χ4n) is 3.01. The van der Waals surface area contributed by atoms with E-state index in [0.29, 0.717) is 0 Å². The van der Waals surface area contributed by atoms with Crippen molar-refractivity contribution in [1.29, 1.82) is 0 Å². The van der Waals surface area contributed by atoms with Crippen molar-refractivity contribution in [2.24, 2.45) is 17.6 Å². The van der Waals surface area contributed by atoms with Crippen molar-refractivity contribution < 1.29 is 0 Å². The van der Waals surface area contributed by atoms with Crippen molar-refractivity contribution in [3.8, 4) is 0 Å². The number of nitrogens with two attached hydrogens (primary N) is 1. The Morgan fingerprint density at radius 1 is 1.33 bits per heavy atom. The summed E-state index contributed by atoms with van der Waals surface area (Å²) >= 11 is 0. The molecule has 0 saturated heterocycles. The molecule has 1 aliphatic carbocycles. The number of rotatable bonds is 6. The first-order valence-corrected chi connectivity index (χ1v) is 7.08. The monoisotopic (exact) mass is 247 g/mol. The van der Waals surface area contributed by atoms with Gasteiger partial charge in [-0.1, -0.05) is 12.5 Å². The summed E-state index contributed by atoms with van der Waals surface area (Å²) in [5.41, 5.74) is 7.02. The molecule has 2 N–H and O–H groups in total. The van der Waals surface area contributed by atoms with E-state index >= 15 is 0 Å². The molecule has 1 aliphatic rings. The number of aromatic nitrogens is 1. The molecule has 1 aromatic heterocycles. The highest BCUT2D eigenvalue weighted by Crippen LogP contribution is 2.31. The molecule has 1 saturated carbocycles. The summed E-state index contributed by atoms with van der Waals surface area (Å²) in [7, 11) is 2.22. The lowest BCUT2D eigenvalue weighted by Gasteiger charge is -2.24. The molecule has 0 bridgehead atoms. The van der Waals surface area contributed by atoms with Crippen LogP contribution in [0.25, 0.3) is 0 Å². The molecule has 0 aromatic carbocycles. The van der Waals surface area contributed by atoms with E-state index in [1.807, 2.05) is 12.3 Å². The molecule has 0 amide bonds. The molecule has 0 aliphatic heterocycles. The van der Waals surface area contributed by atoms with Gasteiger partial charge in [0.25, 0.3) is 0 Å². The van der Waals surface area contributed by atoms with Crippen molar-refractivity contribution in [1.82, 2.24) is 9.88 Å². The highest BCUT2D eigenvalue weighted by Gasteiger charge is 2.26. The topological polar surface area (TPSA) is 42.2 Å². The van der Waals surface area contributed by atoms with Crippen molar-refractivity contribution in [2.75, 3.05) is 26.7 Å². The molecule has 2 atom stereocenters. The lowest BCUT2D eigenvalue weighted by atomic mass is 9.96. The molecule has 0 radical (unpaired) electrons.